The Morgan fingerprint density at radius 3 is 2.38 bits per heavy atom. The first-order chi connectivity index (χ1) is 9.86. The molecule has 0 aliphatic carbocycles. The molecule has 122 valence electrons. The molecule has 0 bridgehead atoms. The molecule has 9 heteroatoms. The van der Waals surface area contributed by atoms with E-state index in [9.17, 15) is 14.4 Å². The second-order valence-electron chi connectivity index (χ2n) is 4.26. The number of hydrogen-bond donors (Lipinski definition) is 3. The van der Waals surface area contributed by atoms with E-state index in [0.717, 1.165) is 0 Å². The molecule has 0 aromatic heterocycles. The zero-order valence-electron chi connectivity index (χ0n) is 12.3. The van der Waals surface area contributed by atoms with Gasteiger partial charge in [0.25, 0.3) is 0 Å². The van der Waals surface area contributed by atoms with Crippen LogP contribution >= 0.6 is 11.8 Å². The minimum atomic E-state index is -0.673. The number of ether oxygens (including phenoxy) is 2. The number of esters is 2. The van der Waals surface area contributed by atoms with Crippen LogP contribution in [0.5, 0.6) is 0 Å². The van der Waals surface area contributed by atoms with E-state index in [1.165, 1.54) is 25.6 Å². The minimum Gasteiger partial charge on any atom is -0.462 e. The second kappa shape index (κ2) is 11.4. The maximum Gasteiger partial charge on any atom is 0.303 e. The largest absolute Gasteiger partial charge is 0.462 e. The lowest BCUT2D eigenvalue weighted by molar-refractivity contribution is -0.154. The van der Waals surface area contributed by atoms with E-state index in [2.05, 4.69) is 5.32 Å². The third-order valence-corrected chi connectivity index (χ3v) is 3.39. The normalized spacial score (nSPS) is 13.1. The molecule has 5 N–H and O–H groups in total. The van der Waals surface area contributed by atoms with Crippen molar-refractivity contribution >= 4 is 29.6 Å². The molecule has 0 spiro atoms. The van der Waals surface area contributed by atoms with Crippen LogP contribution in [0.4, 0.5) is 0 Å². The molecule has 0 aliphatic heterocycles. The van der Waals surface area contributed by atoms with Crippen LogP contribution in [-0.4, -0.2) is 61.2 Å². The fraction of sp³-hybridized carbons (Fsp3) is 0.750. The number of thioether (sulfide) groups is 1. The molecule has 8 nitrogen and oxygen atoms in total. The predicted molar refractivity (Wildman–Crippen MR) is 79.6 cm³/mol. The highest BCUT2D eigenvalue weighted by atomic mass is 32.2. The summed E-state index contributed by atoms with van der Waals surface area (Å²) in [5, 5.41) is 2.59. The maximum atomic E-state index is 11.5. The van der Waals surface area contributed by atoms with Crippen molar-refractivity contribution < 1.29 is 23.9 Å². The fourth-order valence-electron chi connectivity index (χ4n) is 1.29. The summed E-state index contributed by atoms with van der Waals surface area (Å²) in [4.78, 5) is 33.2. The number of rotatable bonds is 10. The Morgan fingerprint density at radius 1 is 1.19 bits per heavy atom. The second-order valence-corrected chi connectivity index (χ2v) is 5.33. The smallest absolute Gasteiger partial charge is 0.303 e. The van der Waals surface area contributed by atoms with Crippen LogP contribution in [0.25, 0.3) is 0 Å². The first-order valence-corrected chi connectivity index (χ1v) is 7.64. The van der Waals surface area contributed by atoms with Gasteiger partial charge in [0, 0.05) is 38.4 Å². The summed E-state index contributed by atoms with van der Waals surface area (Å²) in [6.07, 6.45) is -0.560. The first kappa shape index (κ1) is 19.7. The molecule has 0 aromatic rings. The quantitative estimate of drug-likeness (QED) is 0.419. The van der Waals surface area contributed by atoms with Crippen molar-refractivity contribution in [3.8, 4) is 0 Å². The summed E-state index contributed by atoms with van der Waals surface area (Å²) in [6.45, 7) is 3.26. The Kier molecular flexibility index (Phi) is 10.6. The maximum absolute atomic E-state index is 11.5. The van der Waals surface area contributed by atoms with E-state index in [4.69, 9.17) is 20.9 Å². The average Bonchev–Trinajstić information content (AvgIpc) is 2.40. The summed E-state index contributed by atoms with van der Waals surface area (Å²) in [7, 11) is 0. The number of hydrogen-bond acceptors (Lipinski definition) is 8. The lowest BCUT2D eigenvalue weighted by atomic mass is 10.3. The summed E-state index contributed by atoms with van der Waals surface area (Å²) >= 11 is 1.34. The average molecular weight is 321 g/mol. The molecule has 0 aromatic carbocycles. The van der Waals surface area contributed by atoms with Gasteiger partial charge in [0.1, 0.15) is 12.7 Å². The first-order valence-electron chi connectivity index (χ1n) is 6.48. The molecule has 0 saturated carbocycles. The Bertz CT molecular complexity index is 354. The fourth-order valence-corrected chi connectivity index (χ4v) is 2.26. The molecular weight excluding hydrogens is 298 g/mol. The molecule has 2 atom stereocenters. The summed E-state index contributed by atoms with van der Waals surface area (Å²) in [5.74, 6) is -0.455. The van der Waals surface area contributed by atoms with E-state index in [-0.39, 0.29) is 12.5 Å². The van der Waals surface area contributed by atoms with Crippen molar-refractivity contribution in [2.45, 2.75) is 26.0 Å². The van der Waals surface area contributed by atoms with Gasteiger partial charge in [0.2, 0.25) is 5.91 Å². The number of nitrogens with two attached hydrogens (primary N) is 2. The van der Waals surface area contributed by atoms with Gasteiger partial charge in [0.15, 0.2) is 0 Å². The number of nitrogens with one attached hydrogen (secondary N) is 1. The minimum absolute atomic E-state index is 0.0173. The number of carbonyl (C=O) groups excluding carboxylic acids is 3. The predicted octanol–water partition coefficient (Wildman–Crippen LogP) is -1.38. The van der Waals surface area contributed by atoms with Crippen LogP contribution in [0.2, 0.25) is 0 Å². The van der Waals surface area contributed by atoms with Gasteiger partial charge in [0.05, 0.1) is 6.04 Å². The highest BCUT2D eigenvalue weighted by molar-refractivity contribution is 7.99. The van der Waals surface area contributed by atoms with Crippen LogP contribution in [0.1, 0.15) is 13.8 Å². The van der Waals surface area contributed by atoms with Crippen molar-refractivity contribution in [3.63, 3.8) is 0 Å². The SMILES string of the molecule is CC(=O)OCC(CSCC(N)C(=O)NCCN)OC(C)=O. The van der Waals surface area contributed by atoms with E-state index in [0.29, 0.717) is 24.6 Å². The van der Waals surface area contributed by atoms with Gasteiger partial charge in [-0.05, 0) is 0 Å². The third kappa shape index (κ3) is 11.1. The molecule has 2 unspecified atom stereocenters. The van der Waals surface area contributed by atoms with Crippen molar-refractivity contribution in [2.75, 3.05) is 31.2 Å². The highest BCUT2D eigenvalue weighted by Crippen LogP contribution is 2.08. The molecular formula is C12H23N3O5S. The Morgan fingerprint density at radius 2 is 1.86 bits per heavy atom. The topological polar surface area (TPSA) is 134 Å². The van der Waals surface area contributed by atoms with Crippen molar-refractivity contribution in [2.24, 2.45) is 11.5 Å². The zero-order valence-corrected chi connectivity index (χ0v) is 13.1. The monoisotopic (exact) mass is 321 g/mol. The van der Waals surface area contributed by atoms with Crippen LogP contribution in [0.15, 0.2) is 0 Å². The Labute approximate surface area is 128 Å². The van der Waals surface area contributed by atoms with Gasteiger partial charge >= 0.3 is 11.9 Å². The molecule has 0 fully saturated rings. The van der Waals surface area contributed by atoms with Crippen LogP contribution < -0.4 is 16.8 Å². The molecule has 0 radical (unpaired) electrons. The molecule has 0 rings (SSSR count). The van der Waals surface area contributed by atoms with Crippen LogP contribution in [0.3, 0.4) is 0 Å². The molecule has 1 amide bonds. The van der Waals surface area contributed by atoms with Crippen molar-refractivity contribution in [1.29, 1.82) is 0 Å². The molecule has 0 heterocycles. The highest BCUT2D eigenvalue weighted by Gasteiger charge is 2.17. The third-order valence-electron chi connectivity index (χ3n) is 2.19. The van der Waals surface area contributed by atoms with Gasteiger partial charge in [-0.25, -0.2) is 0 Å². The summed E-state index contributed by atoms with van der Waals surface area (Å²) in [6, 6.07) is -0.673. The Hall–Kier alpha value is -1.32. The van der Waals surface area contributed by atoms with Crippen LogP contribution in [-0.2, 0) is 23.9 Å². The van der Waals surface area contributed by atoms with E-state index >= 15 is 0 Å². The lowest BCUT2D eigenvalue weighted by Gasteiger charge is -2.17. The van der Waals surface area contributed by atoms with Gasteiger partial charge in [-0.1, -0.05) is 0 Å². The van der Waals surface area contributed by atoms with Gasteiger partial charge < -0.3 is 26.3 Å². The lowest BCUT2D eigenvalue weighted by Crippen LogP contribution is -2.44. The molecule has 0 aliphatic rings. The van der Waals surface area contributed by atoms with Gasteiger partial charge in [-0.15, -0.1) is 0 Å². The van der Waals surface area contributed by atoms with Crippen molar-refractivity contribution in [1.82, 2.24) is 5.32 Å². The van der Waals surface area contributed by atoms with Crippen molar-refractivity contribution in [3.05, 3.63) is 0 Å². The van der Waals surface area contributed by atoms with E-state index < -0.39 is 24.1 Å². The van der Waals surface area contributed by atoms with Crippen LogP contribution in [0, 0.1) is 0 Å². The Balaban J connectivity index is 4.07. The van der Waals surface area contributed by atoms with Gasteiger partial charge in [-0.3, -0.25) is 14.4 Å². The number of amides is 1. The summed E-state index contributed by atoms with van der Waals surface area (Å²) < 4.78 is 9.82. The standard InChI is InChI=1S/C12H23N3O5S/c1-8(16)19-5-10(20-9(2)17)6-21-7-11(14)12(18)15-4-3-13/h10-11H,3-7,13-14H2,1-2H3,(H,15,18). The van der Waals surface area contributed by atoms with E-state index in [1.807, 2.05) is 0 Å². The summed E-state index contributed by atoms with van der Waals surface area (Å²) in [5.41, 5.74) is 11.0. The molecule has 21 heavy (non-hydrogen) atoms. The zero-order chi connectivity index (χ0) is 16.3. The molecule has 0 saturated heterocycles. The number of carbonyl (C=O) groups is 3. The van der Waals surface area contributed by atoms with E-state index in [1.54, 1.807) is 0 Å². The van der Waals surface area contributed by atoms with Gasteiger partial charge in [-0.2, -0.15) is 11.8 Å².